The zero-order valence-electron chi connectivity index (χ0n) is 10.4. The maximum Gasteiger partial charge on any atom is 0.0497 e. The molecule has 0 amide bonds. The molecule has 0 heterocycles. The van der Waals surface area contributed by atoms with E-state index in [2.05, 4.69) is 87.4 Å². The fraction of sp³-hybridized carbons (Fsp3) is 0.200. The minimum atomic E-state index is 0.249. The summed E-state index contributed by atoms with van der Waals surface area (Å²) >= 11 is 7.22. The smallest absolute Gasteiger partial charge is 0.0497 e. The van der Waals surface area contributed by atoms with Gasteiger partial charge in [-0.25, -0.2) is 0 Å². The third-order valence-electron chi connectivity index (χ3n) is 2.94. The van der Waals surface area contributed by atoms with E-state index in [1.54, 1.807) is 0 Å². The molecule has 18 heavy (non-hydrogen) atoms. The van der Waals surface area contributed by atoms with E-state index in [-0.39, 0.29) is 6.04 Å². The lowest BCUT2D eigenvalue weighted by Crippen LogP contribution is -2.07. The van der Waals surface area contributed by atoms with Gasteiger partial charge in [0.1, 0.15) is 0 Å². The summed E-state index contributed by atoms with van der Waals surface area (Å²) in [5.74, 6) is 0. The van der Waals surface area contributed by atoms with Crippen molar-refractivity contribution in [3.05, 3.63) is 62.5 Å². The molecule has 0 saturated carbocycles. The average molecular weight is 369 g/mol. The van der Waals surface area contributed by atoms with Crippen LogP contribution in [0, 0.1) is 6.92 Å². The maximum atomic E-state index is 3.63. The number of rotatable bonds is 3. The molecule has 0 spiro atoms. The second-order valence-corrected chi connectivity index (χ2v) is 5.97. The van der Waals surface area contributed by atoms with E-state index in [1.165, 1.54) is 11.1 Å². The van der Waals surface area contributed by atoms with Crippen molar-refractivity contribution >= 4 is 37.5 Å². The van der Waals surface area contributed by atoms with Gasteiger partial charge in [0.2, 0.25) is 0 Å². The van der Waals surface area contributed by atoms with Crippen LogP contribution in [0.5, 0.6) is 0 Å². The van der Waals surface area contributed by atoms with Gasteiger partial charge in [-0.1, -0.05) is 46.3 Å². The van der Waals surface area contributed by atoms with Gasteiger partial charge in [0.25, 0.3) is 0 Å². The van der Waals surface area contributed by atoms with E-state index in [0.717, 1.165) is 14.6 Å². The monoisotopic (exact) mass is 367 g/mol. The molecule has 0 aromatic heterocycles. The molecular formula is C15H15Br2N. The van der Waals surface area contributed by atoms with Crippen molar-refractivity contribution in [2.24, 2.45) is 0 Å². The number of halogens is 2. The van der Waals surface area contributed by atoms with E-state index in [9.17, 15) is 0 Å². The summed E-state index contributed by atoms with van der Waals surface area (Å²) < 4.78 is 2.26. The van der Waals surface area contributed by atoms with E-state index >= 15 is 0 Å². The quantitative estimate of drug-likeness (QED) is 0.733. The second-order valence-electron chi connectivity index (χ2n) is 4.32. The summed E-state index contributed by atoms with van der Waals surface area (Å²) in [7, 11) is 0. The first-order valence-corrected chi connectivity index (χ1v) is 7.44. The number of benzene rings is 2. The molecule has 0 aliphatic heterocycles. The molecule has 0 saturated heterocycles. The van der Waals surface area contributed by atoms with Crippen molar-refractivity contribution in [1.29, 1.82) is 0 Å². The fourth-order valence-electron chi connectivity index (χ4n) is 1.90. The second kappa shape index (κ2) is 5.89. The van der Waals surface area contributed by atoms with Crippen LogP contribution in [-0.4, -0.2) is 0 Å². The Balaban J connectivity index is 2.24. The first kappa shape index (κ1) is 13.6. The molecule has 1 unspecified atom stereocenters. The maximum absolute atomic E-state index is 3.63. The minimum absolute atomic E-state index is 0.249. The molecule has 0 aliphatic rings. The highest BCUT2D eigenvalue weighted by atomic mass is 79.9. The van der Waals surface area contributed by atoms with Crippen molar-refractivity contribution in [2.75, 3.05) is 5.32 Å². The van der Waals surface area contributed by atoms with Crippen LogP contribution in [0.25, 0.3) is 0 Å². The third-order valence-corrected chi connectivity index (χ3v) is 4.71. The largest absolute Gasteiger partial charge is 0.378 e. The van der Waals surface area contributed by atoms with Crippen LogP contribution >= 0.6 is 31.9 Å². The SMILES string of the molecule is Cc1cccc(NC(C)c2ccccc2Br)c1Br. The predicted molar refractivity (Wildman–Crippen MR) is 85.1 cm³/mol. The Labute approximate surface area is 125 Å². The zero-order chi connectivity index (χ0) is 13.1. The molecule has 1 N–H and O–H groups in total. The Hall–Kier alpha value is -0.800. The molecule has 1 nitrogen and oxygen atoms in total. The van der Waals surface area contributed by atoms with Gasteiger partial charge in [0, 0.05) is 20.7 Å². The number of anilines is 1. The highest BCUT2D eigenvalue weighted by molar-refractivity contribution is 9.11. The van der Waals surface area contributed by atoms with Crippen LogP contribution in [0.2, 0.25) is 0 Å². The van der Waals surface area contributed by atoms with Crippen LogP contribution in [0.15, 0.2) is 51.4 Å². The summed E-state index contributed by atoms with van der Waals surface area (Å²) in [5, 5.41) is 3.53. The summed E-state index contributed by atoms with van der Waals surface area (Å²) in [6, 6.07) is 14.8. The normalized spacial score (nSPS) is 12.2. The number of hydrogen-bond donors (Lipinski definition) is 1. The molecule has 0 bridgehead atoms. The lowest BCUT2D eigenvalue weighted by Gasteiger charge is -2.18. The number of nitrogens with one attached hydrogen (secondary N) is 1. The third kappa shape index (κ3) is 2.96. The summed E-state index contributed by atoms with van der Waals surface area (Å²) in [6.07, 6.45) is 0. The molecule has 2 aromatic rings. The van der Waals surface area contributed by atoms with Crippen molar-refractivity contribution < 1.29 is 0 Å². The molecule has 2 rings (SSSR count). The van der Waals surface area contributed by atoms with Crippen molar-refractivity contribution in [3.8, 4) is 0 Å². The van der Waals surface area contributed by atoms with Gasteiger partial charge >= 0.3 is 0 Å². The Bertz CT molecular complexity index is 552. The predicted octanol–water partition coefficient (Wildman–Crippen LogP) is 5.69. The molecule has 2 aromatic carbocycles. The fourth-order valence-corrected chi connectivity index (χ4v) is 2.90. The van der Waals surface area contributed by atoms with Gasteiger partial charge in [-0.15, -0.1) is 0 Å². The average Bonchev–Trinajstić information content (AvgIpc) is 2.35. The Morgan fingerprint density at radius 2 is 1.72 bits per heavy atom. The van der Waals surface area contributed by atoms with E-state index in [0.29, 0.717) is 0 Å². The molecule has 3 heteroatoms. The molecule has 0 aliphatic carbocycles. The molecular weight excluding hydrogens is 354 g/mol. The van der Waals surface area contributed by atoms with E-state index in [1.807, 2.05) is 6.07 Å². The van der Waals surface area contributed by atoms with Crippen molar-refractivity contribution in [2.45, 2.75) is 19.9 Å². The van der Waals surface area contributed by atoms with Gasteiger partial charge in [0.05, 0.1) is 0 Å². The van der Waals surface area contributed by atoms with Gasteiger partial charge in [-0.2, -0.15) is 0 Å². The van der Waals surface area contributed by atoms with E-state index in [4.69, 9.17) is 0 Å². The molecule has 0 fully saturated rings. The van der Waals surface area contributed by atoms with Crippen LogP contribution in [0.3, 0.4) is 0 Å². The van der Waals surface area contributed by atoms with Crippen LogP contribution in [-0.2, 0) is 0 Å². The molecule has 1 atom stereocenters. The highest BCUT2D eigenvalue weighted by Gasteiger charge is 2.10. The Kier molecular flexibility index (Phi) is 4.46. The minimum Gasteiger partial charge on any atom is -0.378 e. The first-order valence-electron chi connectivity index (χ1n) is 5.85. The van der Waals surface area contributed by atoms with Gasteiger partial charge in [0.15, 0.2) is 0 Å². The Morgan fingerprint density at radius 3 is 2.44 bits per heavy atom. The van der Waals surface area contributed by atoms with Crippen molar-refractivity contribution in [3.63, 3.8) is 0 Å². The first-order chi connectivity index (χ1) is 8.59. The van der Waals surface area contributed by atoms with Crippen LogP contribution in [0.1, 0.15) is 24.1 Å². The van der Waals surface area contributed by atoms with Crippen LogP contribution in [0.4, 0.5) is 5.69 Å². The van der Waals surface area contributed by atoms with Gasteiger partial charge < -0.3 is 5.32 Å². The lowest BCUT2D eigenvalue weighted by atomic mass is 10.1. The summed E-state index contributed by atoms with van der Waals surface area (Å²) in [4.78, 5) is 0. The van der Waals surface area contributed by atoms with Gasteiger partial charge in [-0.3, -0.25) is 0 Å². The summed E-state index contributed by atoms with van der Waals surface area (Å²) in [5.41, 5.74) is 3.61. The molecule has 94 valence electrons. The lowest BCUT2D eigenvalue weighted by molar-refractivity contribution is 0.877. The topological polar surface area (TPSA) is 12.0 Å². The zero-order valence-corrected chi connectivity index (χ0v) is 13.5. The van der Waals surface area contributed by atoms with Crippen molar-refractivity contribution in [1.82, 2.24) is 0 Å². The molecule has 0 radical (unpaired) electrons. The highest BCUT2D eigenvalue weighted by Crippen LogP contribution is 2.31. The van der Waals surface area contributed by atoms with E-state index < -0.39 is 0 Å². The standard InChI is InChI=1S/C15H15Br2N/c1-10-6-5-9-14(15(10)17)18-11(2)12-7-3-4-8-13(12)16/h3-9,11,18H,1-2H3. The van der Waals surface area contributed by atoms with Gasteiger partial charge in [-0.05, 0) is 53.0 Å². The number of hydrogen-bond acceptors (Lipinski definition) is 1. The number of aryl methyl sites for hydroxylation is 1. The summed E-state index contributed by atoms with van der Waals surface area (Å²) in [6.45, 7) is 4.26. The van der Waals surface area contributed by atoms with Crippen LogP contribution < -0.4 is 5.32 Å². The Morgan fingerprint density at radius 1 is 1.00 bits per heavy atom.